The number of hydrogen-bond acceptors (Lipinski definition) is 5. The Balaban J connectivity index is 1.17. The summed E-state index contributed by atoms with van der Waals surface area (Å²) in [6.07, 6.45) is 15.4. The molecule has 2 aliphatic carbocycles. The molecule has 2 aromatic heterocycles. The highest BCUT2D eigenvalue weighted by atomic mass is 32.1. The van der Waals surface area contributed by atoms with Crippen LogP contribution in [0.4, 0.5) is 0 Å². The summed E-state index contributed by atoms with van der Waals surface area (Å²) >= 11 is 1.40. The number of rotatable bonds is 8. The molecular weight excluding hydrogens is 554 g/mol. The molecule has 2 aliphatic rings. The van der Waals surface area contributed by atoms with Gasteiger partial charge in [-0.2, -0.15) is 0 Å². The Hall–Kier alpha value is -3.32. The Kier molecular flexibility index (Phi) is 9.21. The molecule has 0 radical (unpaired) electrons. The molecule has 43 heavy (non-hydrogen) atoms. The van der Waals surface area contributed by atoms with Gasteiger partial charge in [-0.1, -0.05) is 65.0 Å². The van der Waals surface area contributed by atoms with Crippen LogP contribution in [-0.4, -0.2) is 33.0 Å². The van der Waals surface area contributed by atoms with Gasteiger partial charge in [0.15, 0.2) is 5.82 Å². The zero-order valence-electron chi connectivity index (χ0n) is 26.2. The smallest absolute Gasteiger partial charge is 0.326 e. The van der Waals surface area contributed by atoms with Crippen molar-refractivity contribution in [2.24, 2.45) is 17.3 Å². The molecule has 3 aromatic rings. The lowest BCUT2D eigenvalue weighted by molar-refractivity contribution is -0.139. The normalized spacial score (nSPS) is 19.8. The SMILES string of the molecule is CC1(C)CCC(C2CC=C(c3cnc(-c4ccc(CC(NC(=O)c5ccc(C(C)(C)C)s5)C(=O)O)cc4)nc3)CC2)CC1. The van der Waals surface area contributed by atoms with E-state index in [1.54, 1.807) is 6.07 Å². The van der Waals surface area contributed by atoms with Gasteiger partial charge in [0.05, 0.1) is 4.88 Å². The fraction of sp³-hybridized carbons (Fsp3) is 0.500. The van der Waals surface area contributed by atoms with Crippen LogP contribution in [0.1, 0.15) is 105 Å². The highest BCUT2D eigenvalue weighted by Gasteiger charge is 2.32. The van der Waals surface area contributed by atoms with Crippen molar-refractivity contribution in [2.75, 3.05) is 0 Å². The van der Waals surface area contributed by atoms with E-state index in [0.717, 1.165) is 46.2 Å². The van der Waals surface area contributed by atoms with Gasteiger partial charge in [0.2, 0.25) is 0 Å². The van der Waals surface area contributed by atoms with Gasteiger partial charge in [0.1, 0.15) is 6.04 Å². The lowest BCUT2D eigenvalue weighted by atomic mass is 9.67. The quantitative estimate of drug-likeness (QED) is 0.272. The number of aliphatic carboxylic acids is 1. The van der Waals surface area contributed by atoms with Gasteiger partial charge in [-0.3, -0.25) is 4.79 Å². The highest BCUT2D eigenvalue weighted by Crippen LogP contribution is 2.45. The molecule has 2 heterocycles. The van der Waals surface area contributed by atoms with Crippen molar-refractivity contribution >= 4 is 28.8 Å². The number of hydrogen-bond donors (Lipinski definition) is 2. The first-order valence-electron chi connectivity index (χ1n) is 15.6. The fourth-order valence-corrected chi connectivity index (χ4v) is 7.37. The predicted molar refractivity (Wildman–Crippen MR) is 174 cm³/mol. The van der Waals surface area contributed by atoms with E-state index in [9.17, 15) is 14.7 Å². The minimum atomic E-state index is -1.06. The topological polar surface area (TPSA) is 92.2 Å². The first-order valence-corrected chi connectivity index (χ1v) is 16.4. The van der Waals surface area contributed by atoms with E-state index in [4.69, 9.17) is 0 Å². The number of carboxylic acid groups (broad SMARTS) is 1. The number of nitrogens with zero attached hydrogens (tertiary/aromatic N) is 2. The van der Waals surface area contributed by atoms with Gasteiger partial charge < -0.3 is 10.4 Å². The lowest BCUT2D eigenvalue weighted by Crippen LogP contribution is -2.42. The number of allylic oxidation sites excluding steroid dienone is 2. The Morgan fingerprint density at radius 2 is 1.65 bits per heavy atom. The number of carbonyl (C=O) groups is 2. The summed E-state index contributed by atoms with van der Waals surface area (Å²) < 4.78 is 0. The molecule has 0 aliphatic heterocycles. The molecule has 0 spiro atoms. The number of carbonyl (C=O) groups excluding carboxylic acids is 1. The molecule has 5 rings (SSSR count). The molecular formula is C36H45N3O3S. The predicted octanol–water partition coefficient (Wildman–Crippen LogP) is 8.33. The van der Waals surface area contributed by atoms with E-state index >= 15 is 0 Å². The number of benzene rings is 1. The van der Waals surface area contributed by atoms with E-state index in [1.165, 1.54) is 49.0 Å². The molecule has 0 saturated heterocycles. The van der Waals surface area contributed by atoms with E-state index in [2.05, 4.69) is 56.0 Å². The zero-order chi connectivity index (χ0) is 30.8. The maximum atomic E-state index is 12.8. The van der Waals surface area contributed by atoms with Crippen LogP contribution in [0.2, 0.25) is 0 Å². The van der Waals surface area contributed by atoms with Gasteiger partial charge >= 0.3 is 5.97 Å². The van der Waals surface area contributed by atoms with Crippen LogP contribution < -0.4 is 5.32 Å². The molecule has 2 N–H and O–H groups in total. The van der Waals surface area contributed by atoms with Gasteiger partial charge in [-0.25, -0.2) is 14.8 Å². The Morgan fingerprint density at radius 1 is 0.977 bits per heavy atom. The molecule has 228 valence electrons. The summed E-state index contributed by atoms with van der Waals surface area (Å²) in [5, 5.41) is 12.5. The molecule has 2 unspecified atom stereocenters. The largest absolute Gasteiger partial charge is 0.480 e. The lowest BCUT2D eigenvalue weighted by Gasteiger charge is -2.39. The second-order valence-corrected chi connectivity index (χ2v) is 15.3. The maximum Gasteiger partial charge on any atom is 0.326 e. The molecule has 6 nitrogen and oxygen atoms in total. The third-order valence-corrected chi connectivity index (χ3v) is 10.9. The number of aromatic nitrogens is 2. The highest BCUT2D eigenvalue weighted by molar-refractivity contribution is 7.14. The number of carboxylic acids is 1. The first-order chi connectivity index (χ1) is 20.4. The fourth-order valence-electron chi connectivity index (χ4n) is 6.40. The molecule has 1 fully saturated rings. The molecule has 7 heteroatoms. The van der Waals surface area contributed by atoms with Crippen molar-refractivity contribution in [3.8, 4) is 11.4 Å². The van der Waals surface area contributed by atoms with Crippen LogP contribution in [-0.2, 0) is 16.6 Å². The zero-order valence-corrected chi connectivity index (χ0v) is 27.0. The van der Waals surface area contributed by atoms with Crippen molar-refractivity contribution in [3.63, 3.8) is 0 Å². The van der Waals surface area contributed by atoms with Crippen LogP contribution in [0.25, 0.3) is 17.0 Å². The molecule has 1 amide bonds. The summed E-state index contributed by atoms with van der Waals surface area (Å²) in [4.78, 5) is 35.7. The summed E-state index contributed by atoms with van der Waals surface area (Å²) in [6, 6.07) is 10.3. The second-order valence-electron chi connectivity index (χ2n) is 14.2. The maximum absolute atomic E-state index is 12.8. The van der Waals surface area contributed by atoms with E-state index in [0.29, 0.717) is 16.1 Å². The third kappa shape index (κ3) is 7.80. The van der Waals surface area contributed by atoms with Crippen LogP contribution in [0, 0.1) is 17.3 Å². The van der Waals surface area contributed by atoms with Gasteiger partial charge in [-0.05, 0) is 90.9 Å². The average molecular weight is 600 g/mol. The Labute approximate surface area is 260 Å². The summed E-state index contributed by atoms with van der Waals surface area (Å²) in [5.41, 5.74) is 4.60. The summed E-state index contributed by atoms with van der Waals surface area (Å²) in [6.45, 7) is 11.1. The Bertz CT molecular complexity index is 1450. The minimum Gasteiger partial charge on any atom is -0.480 e. The van der Waals surface area contributed by atoms with Crippen LogP contribution >= 0.6 is 11.3 Å². The van der Waals surface area contributed by atoms with E-state index in [-0.39, 0.29) is 17.7 Å². The summed E-state index contributed by atoms with van der Waals surface area (Å²) in [7, 11) is 0. The number of amides is 1. The van der Waals surface area contributed by atoms with Crippen molar-refractivity contribution in [2.45, 2.75) is 97.4 Å². The van der Waals surface area contributed by atoms with E-state index < -0.39 is 12.0 Å². The monoisotopic (exact) mass is 599 g/mol. The summed E-state index contributed by atoms with van der Waals surface area (Å²) in [5.74, 6) is 0.904. The Morgan fingerprint density at radius 3 is 2.21 bits per heavy atom. The van der Waals surface area contributed by atoms with Crippen molar-refractivity contribution in [3.05, 3.63) is 75.7 Å². The number of thiophene rings is 1. The van der Waals surface area contributed by atoms with Crippen LogP contribution in [0.3, 0.4) is 0 Å². The van der Waals surface area contributed by atoms with Crippen LogP contribution in [0.5, 0.6) is 0 Å². The second kappa shape index (κ2) is 12.7. The van der Waals surface area contributed by atoms with E-state index in [1.807, 2.05) is 42.7 Å². The molecule has 1 saturated carbocycles. The van der Waals surface area contributed by atoms with Gasteiger partial charge in [-0.15, -0.1) is 11.3 Å². The van der Waals surface area contributed by atoms with Gasteiger partial charge in [0.25, 0.3) is 5.91 Å². The third-order valence-electron chi connectivity index (χ3n) is 9.35. The van der Waals surface area contributed by atoms with Gasteiger partial charge in [0, 0.05) is 34.8 Å². The number of nitrogens with one attached hydrogen (secondary N) is 1. The van der Waals surface area contributed by atoms with Crippen molar-refractivity contribution in [1.82, 2.24) is 15.3 Å². The van der Waals surface area contributed by atoms with Crippen molar-refractivity contribution < 1.29 is 14.7 Å². The standard InChI is InChI=1S/C36H45N3O3S/c1-35(2,3)31-15-14-30(43-31)33(40)39-29(34(41)42)20-23-6-8-27(9-7-23)32-37-21-28(22-38-32)25-12-10-24(11-13-25)26-16-18-36(4,5)19-17-26/h6-9,12,14-15,21-22,24,26,29H,10-11,13,16-20H2,1-5H3,(H,39,40)(H,41,42). The minimum absolute atomic E-state index is 0.0653. The first kappa shape index (κ1) is 31.1. The average Bonchev–Trinajstić information content (AvgIpc) is 3.49. The van der Waals surface area contributed by atoms with Crippen LogP contribution in [0.15, 0.2) is 54.9 Å². The molecule has 0 bridgehead atoms. The van der Waals surface area contributed by atoms with Crippen molar-refractivity contribution in [1.29, 1.82) is 0 Å². The molecule has 1 aromatic carbocycles. The molecule has 2 atom stereocenters.